The number of H-pyrrole nitrogens is 1. The van der Waals surface area contributed by atoms with Crippen LogP contribution in [0.3, 0.4) is 0 Å². The molecule has 0 bridgehead atoms. The van der Waals surface area contributed by atoms with Crippen LogP contribution in [0.4, 0.5) is 0 Å². The van der Waals surface area contributed by atoms with Gasteiger partial charge in [0.05, 0.1) is 23.3 Å². The third-order valence-electron chi connectivity index (χ3n) is 6.88. The Morgan fingerprint density at radius 2 is 1.69 bits per heavy atom. The summed E-state index contributed by atoms with van der Waals surface area (Å²) in [5.41, 5.74) is 4.70. The number of nitrogens with zero attached hydrogens (tertiary/aromatic N) is 6. The Morgan fingerprint density at radius 3 is 2.56 bits per heavy atom. The van der Waals surface area contributed by atoms with Gasteiger partial charge in [0.1, 0.15) is 0 Å². The topological polar surface area (TPSA) is 100 Å². The molecule has 5 aromatic rings. The van der Waals surface area contributed by atoms with Crippen LogP contribution in [0.5, 0.6) is 0 Å². The van der Waals surface area contributed by atoms with E-state index in [1.54, 1.807) is 15.8 Å². The molecule has 0 saturated carbocycles. The maximum atomic E-state index is 13.3. The molecule has 1 N–H and O–H groups in total. The molecule has 2 aromatic carbocycles. The Balaban J connectivity index is 1.14. The van der Waals surface area contributed by atoms with Gasteiger partial charge in [-0.3, -0.25) is 14.6 Å². The molecule has 0 spiro atoms. The highest BCUT2D eigenvalue weighted by atomic mass is 16.2. The van der Waals surface area contributed by atoms with Gasteiger partial charge >= 0.3 is 0 Å². The lowest BCUT2D eigenvalue weighted by molar-refractivity contribution is -0.131. The second kappa shape index (κ2) is 8.92. The Labute approximate surface area is 207 Å². The van der Waals surface area contributed by atoms with Gasteiger partial charge in [-0.15, -0.1) is 5.10 Å². The third kappa shape index (κ3) is 3.78. The predicted octanol–water partition coefficient (Wildman–Crippen LogP) is 3.13. The summed E-state index contributed by atoms with van der Waals surface area (Å²) < 4.78 is 1.69. The maximum absolute atomic E-state index is 13.3. The van der Waals surface area contributed by atoms with Gasteiger partial charge in [-0.2, -0.15) is 0 Å². The molecule has 6 rings (SSSR count). The number of benzene rings is 2. The Morgan fingerprint density at radius 1 is 0.917 bits per heavy atom. The van der Waals surface area contributed by atoms with Crippen LogP contribution < -0.4 is 0 Å². The molecule has 0 aliphatic carbocycles. The smallest absolute Gasteiger partial charge is 0.276 e. The van der Waals surface area contributed by atoms with E-state index in [1.165, 1.54) is 0 Å². The van der Waals surface area contributed by atoms with Crippen molar-refractivity contribution in [3.63, 3.8) is 0 Å². The van der Waals surface area contributed by atoms with Crippen molar-refractivity contribution in [3.05, 3.63) is 83.9 Å². The first-order valence-corrected chi connectivity index (χ1v) is 12.0. The summed E-state index contributed by atoms with van der Waals surface area (Å²) in [4.78, 5) is 37.5. The van der Waals surface area contributed by atoms with Gasteiger partial charge in [0.15, 0.2) is 5.69 Å². The molecule has 1 aliphatic rings. The molecule has 0 atom stereocenters. The molecule has 2 amide bonds. The number of carbonyl (C=O) groups excluding carboxylic acids is 2. The Hall–Kier alpha value is -4.53. The van der Waals surface area contributed by atoms with Gasteiger partial charge in [0.2, 0.25) is 5.91 Å². The van der Waals surface area contributed by atoms with E-state index in [0.717, 1.165) is 33.1 Å². The van der Waals surface area contributed by atoms with Crippen molar-refractivity contribution < 1.29 is 9.59 Å². The first-order chi connectivity index (χ1) is 17.6. The first-order valence-electron chi connectivity index (χ1n) is 12.0. The van der Waals surface area contributed by atoms with Crippen LogP contribution in [0.2, 0.25) is 0 Å². The van der Waals surface area contributed by atoms with E-state index in [2.05, 4.69) is 20.3 Å². The number of hydrogen-bond acceptors (Lipinski definition) is 5. The molecule has 4 heterocycles. The average Bonchev–Trinajstić information content (AvgIpc) is 3.51. The van der Waals surface area contributed by atoms with E-state index in [-0.39, 0.29) is 11.8 Å². The van der Waals surface area contributed by atoms with E-state index in [9.17, 15) is 9.59 Å². The monoisotopic (exact) mass is 479 g/mol. The van der Waals surface area contributed by atoms with Crippen LogP contribution in [0, 0.1) is 6.92 Å². The van der Waals surface area contributed by atoms with Crippen molar-refractivity contribution in [2.45, 2.75) is 13.3 Å². The molecule has 1 aliphatic heterocycles. The summed E-state index contributed by atoms with van der Waals surface area (Å²) in [6, 6.07) is 17.6. The number of aromatic nitrogens is 5. The minimum atomic E-state index is -0.166. The van der Waals surface area contributed by atoms with Crippen molar-refractivity contribution in [2.75, 3.05) is 26.2 Å². The van der Waals surface area contributed by atoms with Crippen LogP contribution in [-0.2, 0) is 11.2 Å². The van der Waals surface area contributed by atoms with Crippen molar-refractivity contribution >= 4 is 33.6 Å². The fraction of sp³-hybridized carbons (Fsp3) is 0.222. The summed E-state index contributed by atoms with van der Waals surface area (Å²) in [5, 5.41) is 10.5. The minimum absolute atomic E-state index is 0.0681. The van der Waals surface area contributed by atoms with Gasteiger partial charge in [0, 0.05) is 54.9 Å². The molecule has 0 radical (unpaired) electrons. The van der Waals surface area contributed by atoms with E-state index >= 15 is 0 Å². The quantitative estimate of drug-likeness (QED) is 0.427. The number of carbonyl (C=O) groups is 2. The highest BCUT2D eigenvalue weighted by Crippen LogP contribution is 2.23. The largest absolute Gasteiger partial charge is 0.361 e. The lowest BCUT2D eigenvalue weighted by Crippen LogP contribution is -2.51. The number of rotatable bonds is 4. The Bertz CT molecular complexity index is 1590. The van der Waals surface area contributed by atoms with Crippen LogP contribution in [-0.4, -0.2) is 72.8 Å². The van der Waals surface area contributed by atoms with Crippen molar-refractivity contribution in [3.8, 4) is 5.69 Å². The second-order valence-corrected chi connectivity index (χ2v) is 8.99. The summed E-state index contributed by atoms with van der Waals surface area (Å²) in [6.07, 6.45) is 3.99. The fourth-order valence-electron chi connectivity index (χ4n) is 4.89. The molecule has 9 heteroatoms. The zero-order chi connectivity index (χ0) is 24.6. The highest BCUT2D eigenvalue weighted by molar-refractivity contribution is 5.94. The van der Waals surface area contributed by atoms with Crippen LogP contribution in [0.1, 0.15) is 21.7 Å². The summed E-state index contributed by atoms with van der Waals surface area (Å²) >= 11 is 0. The molecule has 36 heavy (non-hydrogen) atoms. The molecule has 1 saturated heterocycles. The number of nitrogens with one attached hydrogen (secondary N) is 1. The SMILES string of the molecule is Cc1c(C(=O)N2CCN(C(=O)Cc3c[nH]c4ccccc34)CC2)nnn1-c1cccc2ncccc12. The maximum Gasteiger partial charge on any atom is 0.276 e. The lowest BCUT2D eigenvalue weighted by atomic mass is 10.1. The van der Waals surface area contributed by atoms with Crippen LogP contribution >= 0.6 is 0 Å². The Kier molecular flexibility index (Phi) is 5.44. The summed E-state index contributed by atoms with van der Waals surface area (Å²) in [7, 11) is 0. The van der Waals surface area contributed by atoms with Gasteiger partial charge in [-0.25, -0.2) is 4.68 Å². The number of hydrogen-bond donors (Lipinski definition) is 1. The molecule has 1 fully saturated rings. The van der Waals surface area contributed by atoms with E-state index < -0.39 is 0 Å². The van der Waals surface area contributed by atoms with Crippen LogP contribution in [0.15, 0.2) is 67.0 Å². The molecule has 180 valence electrons. The number of piperazine rings is 1. The second-order valence-electron chi connectivity index (χ2n) is 8.99. The van der Waals surface area contributed by atoms with Gasteiger partial charge in [-0.1, -0.05) is 29.5 Å². The molecule has 0 unspecified atom stereocenters. The first kappa shape index (κ1) is 22.0. The van der Waals surface area contributed by atoms with Gasteiger partial charge < -0.3 is 14.8 Å². The number of pyridine rings is 1. The van der Waals surface area contributed by atoms with Crippen molar-refractivity contribution in [1.82, 2.24) is 34.8 Å². The molecular formula is C27H25N7O2. The number of amides is 2. The summed E-state index contributed by atoms with van der Waals surface area (Å²) in [6.45, 7) is 3.76. The molecule has 9 nitrogen and oxygen atoms in total. The average molecular weight is 480 g/mol. The zero-order valence-corrected chi connectivity index (χ0v) is 19.9. The van der Waals surface area contributed by atoms with Gasteiger partial charge in [-0.05, 0) is 42.8 Å². The van der Waals surface area contributed by atoms with E-state index in [1.807, 2.05) is 72.6 Å². The normalized spacial score (nSPS) is 14.0. The van der Waals surface area contributed by atoms with Gasteiger partial charge in [0.25, 0.3) is 5.91 Å². The number of para-hydroxylation sites is 1. The highest BCUT2D eigenvalue weighted by Gasteiger charge is 2.28. The van der Waals surface area contributed by atoms with E-state index in [4.69, 9.17) is 0 Å². The van der Waals surface area contributed by atoms with Crippen molar-refractivity contribution in [2.24, 2.45) is 0 Å². The third-order valence-corrected chi connectivity index (χ3v) is 6.88. The minimum Gasteiger partial charge on any atom is -0.361 e. The molecule has 3 aromatic heterocycles. The van der Waals surface area contributed by atoms with E-state index in [0.29, 0.717) is 44.0 Å². The fourth-order valence-corrected chi connectivity index (χ4v) is 4.89. The molecular weight excluding hydrogens is 454 g/mol. The number of fused-ring (bicyclic) bond motifs is 2. The number of aromatic amines is 1. The summed E-state index contributed by atoms with van der Waals surface area (Å²) in [5.74, 6) is -0.0978. The zero-order valence-electron chi connectivity index (χ0n) is 19.9. The lowest BCUT2D eigenvalue weighted by Gasteiger charge is -2.34. The predicted molar refractivity (Wildman–Crippen MR) is 136 cm³/mol. The van der Waals surface area contributed by atoms with Crippen LogP contribution in [0.25, 0.3) is 27.5 Å². The van der Waals surface area contributed by atoms with Crippen molar-refractivity contribution in [1.29, 1.82) is 0 Å². The standard InChI is InChI=1S/C27H25N7O2/c1-18-26(30-31-34(18)24-10-4-9-23-21(24)7-5-11-28-23)27(36)33-14-12-32(13-15-33)25(35)16-19-17-29-22-8-3-2-6-20(19)22/h2-11,17,29H,12-16H2,1H3.